The highest BCUT2D eigenvalue weighted by molar-refractivity contribution is 9.10. The van der Waals surface area contributed by atoms with Crippen LogP contribution >= 0.6 is 15.9 Å². The molecule has 1 unspecified atom stereocenters. The van der Waals surface area contributed by atoms with E-state index in [0.717, 1.165) is 36.0 Å². The second-order valence-corrected chi connectivity index (χ2v) is 6.98. The number of likely N-dealkylation sites (tertiary alicyclic amines) is 1. The lowest BCUT2D eigenvalue weighted by Crippen LogP contribution is -2.30. The molecule has 0 N–H and O–H groups in total. The van der Waals surface area contributed by atoms with E-state index in [1.54, 1.807) is 0 Å². The number of ether oxygens (including phenoxy) is 1. The first kappa shape index (κ1) is 17.0. The summed E-state index contributed by atoms with van der Waals surface area (Å²) in [5.74, 6) is 1.09. The molecule has 0 bridgehead atoms. The molecule has 1 amide bonds. The molecule has 0 saturated carbocycles. The Hall–Kier alpha value is -1.81. The SMILES string of the molecule is O=C(CCCOc1ccccc1)N1CCCC1c1cccc(Br)c1. The van der Waals surface area contributed by atoms with E-state index in [0.29, 0.717) is 13.0 Å². The number of benzene rings is 2. The van der Waals surface area contributed by atoms with Crippen molar-refractivity contribution < 1.29 is 9.53 Å². The number of hydrogen-bond acceptors (Lipinski definition) is 2. The van der Waals surface area contributed by atoms with Crippen molar-refractivity contribution in [3.8, 4) is 5.75 Å². The Morgan fingerprint density at radius 3 is 2.79 bits per heavy atom. The van der Waals surface area contributed by atoms with Gasteiger partial charge in [-0.1, -0.05) is 46.3 Å². The van der Waals surface area contributed by atoms with E-state index < -0.39 is 0 Å². The van der Waals surface area contributed by atoms with Gasteiger partial charge in [0, 0.05) is 17.4 Å². The highest BCUT2D eigenvalue weighted by atomic mass is 79.9. The molecule has 0 aliphatic carbocycles. The number of rotatable bonds is 6. The zero-order valence-corrected chi connectivity index (χ0v) is 15.2. The monoisotopic (exact) mass is 387 g/mol. The summed E-state index contributed by atoms with van der Waals surface area (Å²) in [5, 5.41) is 0. The number of carbonyl (C=O) groups excluding carboxylic acids is 1. The maximum absolute atomic E-state index is 12.6. The minimum absolute atomic E-state index is 0.213. The number of hydrogen-bond donors (Lipinski definition) is 0. The van der Waals surface area contributed by atoms with Gasteiger partial charge in [-0.15, -0.1) is 0 Å². The highest BCUT2D eigenvalue weighted by Crippen LogP contribution is 2.33. The third-order valence-electron chi connectivity index (χ3n) is 4.35. The fourth-order valence-corrected chi connectivity index (χ4v) is 3.62. The molecule has 1 fully saturated rings. The van der Waals surface area contributed by atoms with Crippen LogP contribution in [0.5, 0.6) is 5.75 Å². The van der Waals surface area contributed by atoms with Gasteiger partial charge in [0.05, 0.1) is 12.6 Å². The smallest absolute Gasteiger partial charge is 0.223 e. The average Bonchev–Trinajstić information content (AvgIpc) is 3.09. The van der Waals surface area contributed by atoms with Gasteiger partial charge in [-0.3, -0.25) is 4.79 Å². The molecular weight excluding hydrogens is 366 g/mol. The van der Waals surface area contributed by atoms with Crippen molar-refractivity contribution in [1.82, 2.24) is 4.90 Å². The van der Waals surface area contributed by atoms with Crippen molar-refractivity contribution in [3.05, 3.63) is 64.6 Å². The molecule has 4 heteroatoms. The molecular formula is C20H22BrNO2. The number of nitrogens with zero attached hydrogens (tertiary/aromatic N) is 1. The Balaban J connectivity index is 1.50. The minimum Gasteiger partial charge on any atom is -0.494 e. The van der Waals surface area contributed by atoms with Gasteiger partial charge in [-0.25, -0.2) is 0 Å². The average molecular weight is 388 g/mol. The third-order valence-corrected chi connectivity index (χ3v) is 4.85. The molecule has 1 saturated heterocycles. The zero-order valence-electron chi connectivity index (χ0n) is 13.7. The quantitative estimate of drug-likeness (QED) is 0.654. The predicted molar refractivity (Wildman–Crippen MR) is 99.0 cm³/mol. The molecule has 3 nitrogen and oxygen atoms in total. The minimum atomic E-state index is 0.213. The van der Waals surface area contributed by atoms with Gasteiger partial charge in [0.1, 0.15) is 5.75 Å². The van der Waals surface area contributed by atoms with E-state index in [4.69, 9.17) is 4.74 Å². The molecule has 1 aliphatic rings. The van der Waals surface area contributed by atoms with Crippen molar-refractivity contribution in [2.75, 3.05) is 13.2 Å². The summed E-state index contributed by atoms with van der Waals surface area (Å²) in [6.45, 7) is 1.43. The van der Waals surface area contributed by atoms with Crippen molar-refractivity contribution in [3.63, 3.8) is 0 Å². The number of carbonyl (C=O) groups is 1. The maximum atomic E-state index is 12.6. The lowest BCUT2D eigenvalue weighted by molar-refractivity contribution is -0.132. The first-order valence-electron chi connectivity index (χ1n) is 8.47. The summed E-state index contributed by atoms with van der Waals surface area (Å²) in [7, 11) is 0. The van der Waals surface area contributed by atoms with Crippen LogP contribution in [-0.2, 0) is 4.79 Å². The number of halogens is 1. The summed E-state index contributed by atoms with van der Waals surface area (Å²) in [6, 6.07) is 18.2. The Bertz CT molecular complexity index is 674. The Labute approximate surface area is 151 Å². The van der Waals surface area contributed by atoms with E-state index in [2.05, 4.69) is 28.1 Å². The molecule has 2 aromatic carbocycles. The first-order chi connectivity index (χ1) is 11.7. The summed E-state index contributed by atoms with van der Waals surface area (Å²) < 4.78 is 6.73. The van der Waals surface area contributed by atoms with Crippen LogP contribution in [0.1, 0.15) is 37.3 Å². The fraction of sp³-hybridized carbons (Fsp3) is 0.350. The first-order valence-corrected chi connectivity index (χ1v) is 9.26. The van der Waals surface area contributed by atoms with Crippen LogP contribution in [-0.4, -0.2) is 24.0 Å². The van der Waals surface area contributed by atoms with Crippen LogP contribution in [0.2, 0.25) is 0 Å². The summed E-state index contributed by atoms with van der Waals surface area (Å²) in [5.41, 5.74) is 1.22. The van der Waals surface area contributed by atoms with Gasteiger partial charge in [0.15, 0.2) is 0 Å². The lowest BCUT2D eigenvalue weighted by Gasteiger charge is -2.25. The van der Waals surface area contributed by atoms with Crippen LogP contribution < -0.4 is 4.74 Å². The van der Waals surface area contributed by atoms with Crippen LogP contribution in [0.3, 0.4) is 0 Å². The van der Waals surface area contributed by atoms with E-state index in [1.165, 1.54) is 5.56 Å². The second kappa shape index (κ2) is 8.34. The van der Waals surface area contributed by atoms with Crippen molar-refractivity contribution in [2.24, 2.45) is 0 Å². The van der Waals surface area contributed by atoms with Crippen LogP contribution in [0.4, 0.5) is 0 Å². The number of para-hydroxylation sites is 1. The molecule has 1 heterocycles. The third kappa shape index (κ3) is 4.38. The van der Waals surface area contributed by atoms with Gasteiger partial charge >= 0.3 is 0 Å². The lowest BCUT2D eigenvalue weighted by atomic mass is 10.0. The predicted octanol–water partition coefficient (Wildman–Crippen LogP) is 4.97. The highest BCUT2D eigenvalue weighted by Gasteiger charge is 2.29. The van der Waals surface area contributed by atoms with Gasteiger partial charge in [0.25, 0.3) is 0 Å². The van der Waals surface area contributed by atoms with E-state index in [-0.39, 0.29) is 11.9 Å². The van der Waals surface area contributed by atoms with Crippen LogP contribution in [0.15, 0.2) is 59.1 Å². The Kier molecular flexibility index (Phi) is 5.91. The molecule has 0 aromatic heterocycles. The molecule has 126 valence electrons. The maximum Gasteiger partial charge on any atom is 0.223 e. The van der Waals surface area contributed by atoms with Gasteiger partial charge in [-0.05, 0) is 49.1 Å². The molecule has 2 aromatic rings. The summed E-state index contributed by atoms with van der Waals surface area (Å²) in [4.78, 5) is 14.6. The van der Waals surface area contributed by atoms with E-state index in [1.807, 2.05) is 47.4 Å². The topological polar surface area (TPSA) is 29.5 Å². The van der Waals surface area contributed by atoms with E-state index in [9.17, 15) is 4.79 Å². The van der Waals surface area contributed by atoms with Gasteiger partial charge in [-0.2, -0.15) is 0 Å². The molecule has 1 atom stereocenters. The zero-order chi connectivity index (χ0) is 16.8. The summed E-state index contributed by atoms with van der Waals surface area (Å²) >= 11 is 3.52. The van der Waals surface area contributed by atoms with Gasteiger partial charge in [0.2, 0.25) is 5.91 Å². The van der Waals surface area contributed by atoms with Crippen molar-refractivity contribution in [1.29, 1.82) is 0 Å². The molecule has 1 aliphatic heterocycles. The molecule has 24 heavy (non-hydrogen) atoms. The molecule has 0 spiro atoms. The standard InChI is InChI=1S/C20H22BrNO2/c21-17-8-4-7-16(15-17)19-11-5-13-22(19)20(23)12-6-14-24-18-9-2-1-3-10-18/h1-4,7-10,15,19H,5-6,11-14H2. The van der Waals surface area contributed by atoms with Crippen LogP contribution in [0, 0.1) is 0 Å². The fourth-order valence-electron chi connectivity index (χ4n) is 3.20. The normalized spacial score (nSPS) is 17.0. The second-order valence-electron chi connectivity index (χ2n) is 6.07. The van der Waals surface area contributed by atoms with E-state index >= 15 is 0 Å². The van der Waals surface area contributed by atoms with Crippen molar-refractivity contribution in [2.45, 2.75) is 31.7 Å². The summed E-state index contributed by atoms with van der Waals surface area (Å²) in [6.07, 6.45) is 3.40. The largest absolute Gasteiger partial charge is 0.494 e. The molecule has 3 rings (SSSR count). The number of amides is 1. The van der Waals surface area contributed by atoms with Crippen molar-refractivity contribution >= 4 is 21.8 Å². The Morgan fingerprint density at radius 2 is 2.00 bits per heavy atom. The van der Waals surface area contributed by atoms with Crippen LogP contribution in [0.25, 0.3) is 0 Å². The van der Waals surface area contributed by atoms with Gasteiger partial charge < -0.3 is 9.64 Å². The molecule has 0 radical (unpaired) electrons. The Morgan fingerprint density at radius 1 is 1.17 bits per heavy atom.